The van der Waals surface area contributed by atoms with E-state index >= 15 is 0 Å². The fourth-order valence-corrected chi connectivity index (χ4v) is 3.82. The first-order valence-corrected chi connectivity index (χ1v) is 10.7. The summed E-state index contributed by atoms with van der Waals surface area (Å²) in [7, 11) is 1.24. The number of nitrogens with zero attached hydrogens (tertiary/aromatic N) is 2. The van der Waals surface area contributed by atoms with Crippen molar-refractivity contribution in [3.05, 3.63) is 0 Å². The number of esters is 1. The zero-order valence-electron chi connectivity index (χ0n) is 18.4. The zero-order chi connectivity index (χ0) is 22.3. The maximum Gasteiger partial charge on any atom is 0.328 e. The van der Waals surface area contributed by atoms with Gasteiger partial charge in [0.05, 0.1) is 13.7 Å². The summed E-state index contributed by atoms with van der Waals surface area (Å²) in [5, 5.41) is 8.44. The quantitative estimate of drug-likeness (QED) is 0.563. The van der Waals surface area contributed by atoms with Crippen molar-refractivity contribution >= 4 is 23.9 Å². The largest absolute Gasteiger partial charge is 0.467 e. The average molecular weight is 426 g/mol. The van der Waals surface area contributed by atoms with Crippen molar-refractivity contribution in [1.82, 2.24) is 25.8 Å². The third-order valence-corrected chi connectivity index (χ3v) is 5.49. The molecule has 0 spiro atoms. The van der Waals surface area contributed by atoms with Crippen LogP contribution in [-0.4, -0.2) is 84.6 Å². The van der Waals surface area contributed by atoms with E-state index in [1.807, 2.05) is 13.8 Å². The van der Waals surface area contributed by atoms with Gasteiger partial charge in [0.1, 0.15) is 12.1 Å². The first-order valence-electron chi connectivity index (χ1n) is 10.7. The molecule has 0 aromatic rings. The minimum absolute atomic E-state index is 0.0447. The molecule has 170 valence electrons. The van der Waals surface area contributed by atoms with Gasteiger partial charge in [-0.2, -0.15) is 0 Å². The number of methoxy groups -OCH3 is 1. The van der Waals surface area contributed by atoms with Gasteiger partial charge in [-0.3, -0.25) is 4.79 Å². The predicted molar refractivity (Wildman–Crippen MR) is 111 cm³/mol. The second kappa shape index (κ2) is 11.0. The van der Waals surface area contributed by atoms with Crippen LogP contribution >= 0.6 is 0 Å². The van der Waals surface area contributed by atoms with E-state index in [2.05, 4.69) is 20.7 Å². The molecule has 2 fully saturated rings. The lowest BCUT2D eigenvalue weighted by atomic mass is 9.95. The Morgan fingerprint density at radius 2 is 1.60 bits per heavy atom. The molecule has 30 heavy (non-hydrogen) atoms. The summed E-state index contributed by atoms with van der Waals surface area (Å²) in [6.07, 6.45) is 5.19. The first-order chi connectivity index (χ1) is 14.2. The second-order valence-electron chi connectivity index (χ2n) is 8.30. The fraction of sp³-hybridized carbons (Fsp3) is 0.800. The van der Waals surface area contributed by atoms with E-state index in [0.29, 0.717) is 6.54 Å². The number of carbonyl (C=O) groups is 4. The smallest absolute Gasteiger partial charge is 0.328 e. The van der Waals surface area contributed by atoms with E-state index in [-0.39, 0.29) is 37.2 Å². The molecular weight excluding hydrogens is 390 g/mol. The third-order valence-electron chi connectivity index (χ3n) is 5.49. The van der Waals surface area contributed by atoms with Gasteiger partial charge in [0.15, 0.2) is 0 Å². The molecule has 1 heterocycles. The molecule has 0 aromatic carbocycles. The van der Waals surface area contributed by atoms with Gasteiger partial charge < -0.3 is 30.5 Å². The monoisotopic (exact) mass is 425 g/mol. The second-order valence-corrected chi connectivity index (χ2v) is 8.30. The highest BCUT2D eigenvalue weighted by Crippen LogP contribution is 2.19. The van der Waals surface area contributed by atoms with Crippen LogP contribution < -0.4 is 16.0 Å². The topological polar surface area (TPSA) is 120 Å². The summed E-state index contributed by atoms with van der Waals surface area (Å²) in [5.41, 5.74) is 0. The number of carbonyl (C=O) groups excluding carboxylic acids is 4. The lowest BCUT2D eigenvalue weighted by Gasteiger charge is -2.41. The zero-order valence-corrected chi connectivity index (χ0v) is 18.4. The molecule has 0 aromatic heterocycles. The Balaban J connectivity index is 2.10. The Labute approximate surface area is 178 Å². The molecule has 2 rings (SSSR count). The van der Waals surface area contributed by atoms with Crippen molar-refractivity contribution in [3.63, 3.8) is 0 Å². The average Bonchev–Trinajstić information content (AvgIpc) is 2.72. The number of rotatable bonds is 5. The molecule has 3 N–H and O–H groups in total. The van der Waals surface area contributed by atoms with Crippen LogP contribution in [0.5, 0.6) is 0 Å². The maximum absolute atomic E-state index is 12.9. The van der Waals surface area contributed by atoms with Crippen LogP contribution in [0.1, 0.15) is 52.9 Å². The molecule has 1 saturated heterocycles. The Hall–Kier alpha value is -2.52. The molecule has 10 nitrogen and oxygen atoms in total. The minimum atomic E-state index is -0.896. The number of urea groups is 2. The van der Waals surface area contributed by atoms with Crippen molar-refractivity contribution in [2.75, 3.05) is 26.7 Å². The van der Waals surface area contributed by atoms with Gasteiger partial charge in [-0.1, -0.05) is 19.3 Å². The van der Waals surface area contributed by atoms with E-state index in [9.17, 15) is 19.2 Å². The SMILES string of the molecule is COC(=O)[C@@H](C)NC(=O)[C@@H]1CN(C(=O)NC(C)C)CCN1C(=O)NC1CCCCC1. The number of amides is 5. The highest BCUT2D eigenvalue weighted by atomic mass is 16.5. The van der Waals surface area contributed by atoms with Crippen molar-refractivity contribution in [3.8, 4) is 0 Å². The lowest BCUT2D eigenvalue weighted by Crippen LogP contribution is -2.65. The van der Waals surface area contributed by atoms with Crippen LogP contribution in [-0.2, 0) is 14.3 Å². The Morgan fingerprint density at radius 1 is 0.933 bits per heavy atom. The van der Waals surface area contributed by atoms with E-state index in [1.165, 1.54) is 30.3 Å². The predicted octanol–water partition coefficient (Wildman–Crippen LogP) is 0.811. The van der Waals surface area contributed by atoms with Crippen LogP contribution in [0.2, 0.25) is 0 Å². The van der Waals surface area contributed by atoms with E-state index < -0.39 is 24.0 Å². The Kier molecular flexibility index (Phi) is 8.73. The summed E-state index contributed by atoms with van der Waals surface area (Å²) in [5.74, 6) is -1.07. The van der Waals surface area contributed by atoms with Gasteiger partial charge in [-0.25, -0.2) is 14.4 Å². The maximum atomic E-state index is 12.9. The molecule has 10 heteroatoms. The molecule has 2 aliphatic rings. The number of nitrogens with one attached hydrogen (secondary N) is 3. The normalized spacial score (nSPS) is 21.0. The summed E-state index contributed by atoms with van der Waals surface area (Å²) in [6, 6.07) is -2.28. The van der Waals surface area contributed by atoms with Gasteiger partial charge in [-0.15, -0.1) is 0 Å². The lowest BCUT2D eigenvalue weighted by molar-refractivity contribution is -0.145. The molecule has 5 amide bonds. The summed E-state index contributed by atoms with van der Waals surface area (Å²) in [4.78, 5) is 53.0. The summed E-state index contributed by atoms with van der Waals surface area (Å²) >= 11 is 0. The minimum Gasteiger partial charge on any atom is -0.467 e. The highest BCUT2D eigenvalue weighted by Gasteiger charge is 2.38. The van der Waals surface area contributed by atoms with Gasteiger partial charge in [0, 0.05) is 25.2 Å². The van der Waals surface area contributed by atoms with Gasteiger partial charge in [0.25, 0.3) is 0 Å². The van der Waals surface area contributed by atoms with Crippen LogP contribution in [0.3, 0.4) is 0 Å². The molecule has 2 atom stereocenters. The number of hydrogen-bond donors (Lipinski definition) is 3. The summed E-state index contributed by atoms with van der Waals surface area (Å²) < 4.78 is 4.66. The standard InChI is InChI=1S/C20H35N5O5/c1-13(2)21-19(28)24-10-11-25(20(29)23-15-8-6-5-7-9-15)16(12-24)17(26)22-14(3)18(27)30-4/h13-16H,5-12H2,1-4H3,(H,21,28)(H,22,26)(H,23,29)/t14-,16+/m1/s1. The Bertz CT molecular complexity index is 635. The molecule has 0 bridgehead atoms. The molecule has 1 aliphatic carbocycles. The van der Waals surface area contributed by atoms with Crippen molar-refractivity contribution in [1.29, 1.82) is 0 Å². The van der Waals surface area contributed by atoms with Crippen LogP contribution in [0.25, 0.3) is 0 Å². The van der Waals surface area contributed by atoms with Gasteiger partial charge >= 0.3 is 18.0 Å². The van der Waals surface area contributed by atoms with Crippen molar-refractivity contribution < 1.29 is 23.9 Å². The van der Waals surface area contributed by atoms with Gasteiger partial charge in [0.2, 0.25) is 5.91 Å². The van der Waals surface area contributed by atoms with Crippen LogP contribution in [0, 0.1) is 0 Å². The highest BCUT2D eigenvalue weighted by molar-refractivity contribution is 5.91. The number of piperazine rings is 1. The van der Waals surface area contributed by atoms with Gasteiger partial charge in [-0.05, 0) is 33.6 Å². The first kappa shape index (κ1) is 23.8. The molecule has 0 unspecified atom stereocenters. The summed E-state index contributed by atoms with van der Waals surface area (Å²) in [6.45, 7) is 5.84. The van der Waals surface area contributed by atoms with Crippen molar-refractivity contribution in [2.24, 2.45) is 0 Å². The molecule has 1 saturated carbocycles. The van der Waals surface area contributed by atoms with E-state index in [0.717, 1.165) is 25.7 Å². The van der Waals surface area contributed by atoms with Crippen LogP contribution in [0.15, 0.2) is 0 Å². The molecule has 0 radical (unpaired) electrons. The number of hydrogen-bond acceptors (Lipinski definition) is 5. The molecular formula is C20H35N5O5. The number of ether oxygens (including phenoxy) is 1. The third kappa shape index (κ3) is 6.50. The fourth-order valence-electron chi connectivity index (χ4n) is 3.82. The van der Waals surface area contributed by atoms with Crippen LogP contribution in [0.4, 0.5) is 9.59 Å². The molecule has 1 aliphatic heterocycles. The Morgan fingerprint density at radius 3 is 2.20 bits per heavy atom. The van der Waals surface area contributed by atoms with E-state index in [1.54, 1.807) is 0 Å². The van der Waals surface area contributed by atoms with E-state index in [4.69, 9.17) is 0 Å². The van der Waals surface area contributed by atoms with Crippen molar-refractivity contribution in [2.45, 2.75) is 77.0 Å².